The largest absolute Gasteiger partial charge is 0.496 e. The fourth-order valence-electron chi connectivity index (χ4n) is 3.87. The number of aryl methyl sites for hydroxylation is 1. The van der Waals surface area contributed by atoms with E-state index in [9.17, 15) is 9.59 Å². The highest BCUT2D eigenvalue weighted by Crippen LogP contribution is 2.42. The second-order valence-electron chi connectivity index (χ2n) is 8.30. The zero-order valence-corrected chi connectivity index (χ0v) is 20.4. The third-order valence-electron chi connectivity index (χ3n) is 5.83. The molecule has 1 aliphatic rings. The summed E-state index contributed by atoms with van der Waals surface area (Å²) in [6.07, 6.45) is 3.61. The summed E-state index contributed by atoms with van der Waals surface area (Å²) >= 11 is 1.41. The smallest absolute Gasteiger partial charge is 0.264 e. The summed E-state index contributed by atoms with van der Waals surface area (Å²) in [6, 6.07) is 23.4. The van der Waals surface area contributed by atoms with Gasteiger partial charge in [0.1, 0.15) is 5.75 Å². The van der Waals surface area contributed by atoms with Gasteiger partial charge in [-0.1, -0.05) is 60.3 Å². The summed E-state index contributed by atoms with van der Waals surface area (Å²) in [5.74, 6) is 0.465. The standard InChI is InChI=1S/C28H28N2O3S/c1-19(13-14-20-9-5-4-6-10-20)29-27(31)22-15-16-25-23(17-22)30(2)28(32)26(34-25)18-21-11-7-8-12-24(21)33-3/h4-12,15-19H,13-14H2,1-3H3,(H,29,31)/b26-18+/t19-/m1/s1. The van der Waals surface area contributed by atoms with Crippen molar-refractivity contribution in [2.45, 2.75) is 30.7 Å². The Balaban J connectivity index is 1.47. The Morgan fingerprint density at radius 1 is 1.09 bits per heavy atom. The Bertz CT molecular complexity index is 1220. The number of benzene rings is 3. The number of nitrogens with zero attached hydrogens (tertiary/aromatic N) is 1. The van der Waals surface area contributed by atoms with Crippen molar-refractivity contribution in [1.29, 1.82) is 0 Å². The number of thioether (sulfide) groups is 1. The molecule has 0 aliphatic carbocycles. The van der Waals surface area contributed by atoms with Gasteiger partial charge < -0.3 is 15.0 Å². The van der Waals surface area contributed by atoms with Gasteiger partial charge >= 0.3 is 0 Å². The van der Waals surface area contributed by atoms with Crippen molar-refractivity contribution in [1.82, 2.24) is 5.32 Å². The van der Waals surface area contributed by atoms with E-state index in [1.165, 1.54) is 17.3 Å². The molecule has 4 rings (SSSR count). The molecular formula is C28H28N2O3S. The lowest BCUT2D eigenvalue weighted by molar-refractivity contribution is -0.114. The highest BCUT2D eigenvalue weighted by Gasteiger charge is 2.27. The Morgan fingerprint density at radius 2 is 1.82 bits per heavy atom. The highest BCUT2D eigenvalue weighted by molar-refractivity contribution is 8.04. The molecule has 174 valence electrons. The number of fused-ring (bicyclic) bond motifs is 1. The van der Waals surface area contributed by atoms with Crippen LogP contribution in [0.25, 0.3) is 6.08 Å². The van der Waals surface area contributed by atoms with Gasteiger partial charge in [-0.3, -0.25) is 9.59 Å². The molecule has 5 nitrogen and oxygen atoms in total. The van der Waals surface area contributed by atoms with Crippen molar-refractivity contribution in [3.05, 3.63) is 94.4 Å². The number of hydrogen-bond acceptors (Lipinski definition) is 4. The normalized spacial score (nSPS) is 15.1. The lowest BCUT2D eigenvalue weighted by atomic mass is 10.1. The number of carbonyl (C=O) groups excluding carboxylic acids is 2. The first-order valence-corrected chi connectivity index (χ1v) is 12.1. The van der Waals surface area contributed by atoms with Gasteiger partial charge in [0.05, 0.1) is 17.7 Å². The van der Waals surface area contributed by atoms with Crippen molar-refractivity contribution in [2.24, 2.45) is 0 Å². The third kappa shape index (κ3) is 5.34. The average molecular weight is 473 g/mol. The quantitative estimate of drug-likeness (QED) is 0.458. The van der Waals surface area contributed by atoms with Gasteiger partial charge in [0.25, 0.3) is 11.8 Å². The Hall–Kier alpha value is -3.51. The molecule has 34 heavy (non-hydrogen) atoms. The number of nitrogens with one attached hydrogen (secondary N) is 1. The molecule has 1 atom stereocenters. The predicted octanol–water partition coefficient (Wildman–Crippen LogP) is 5.56. The fourth-order valence-corrected chi connectivity index (χ4v) is 4.95. The third-order valence-corrected chi connectivity index (χ3v) is 6.91. The van der Waals surface area contributed by atoms with Crippen molar-refractivity contribution < 1.29 is 14.3 Å². The summed E-state index contributed by atoms with van der Waals surface area (Å²) in [5, 5.41) is 3.08. The first-order chi connectivity index (χ1) is 16.5. The maximum absolute atomic E-state index is 13.1. The van der Waals surface area contributed by atoms with E-state index < -0.39 is 0 Å². The number of ether oxygens (including phenoxy) is 1. The van der Waals surface area contributed by atoms with Crippen LogP contribution in [0.1, 0.15) is 34.8 Å². The Kier molecular flexibility index (Phi) is 7.38. The zero-order valence-electron chi connectivity index (χ0n) is 19.6. The van der Waals surface area contributed by atoms with E-state index >= 15 is 0 Å². The average Bonchev–Trinajstić information content (AvgIpc) is 2.86. The van der Waals surface area contributed by atoms with Crippen LogP contribution in [0, 0.1) is 0 Å². The van der Waals surface area contributed by atoms with E-state index in [0.29, 0.717) is 16.2 Å². The van der Waals surface area contributed by atoms with E-state index in [2.05, 4.69) is 17.4 Å². The molecule has 0 saturated heterocycles. The molecule has 0 aromatic heterocycles. The molecule has 1 heterocycles. The number of hydrogen-bond donors (Lipinski definition) is 1. The second kappa shape index (κ2) is 10.6. The summed E-state index contributed by atoms with van der Waals surface area (Å²) < 4.78 is 5.41. The van der Waals surface area contributed by atoms with Gasteiger partial charge in [-0.25, -0.2) is 0 Å². The topological polar surface area (TPSA) is 58.6 Å². The van der Waals surface area contributed by atoms with Crippen LogP contribution in [0.2, 0.25) is 0 Å². The van der Waals surface area contributed by atoms with Crippen LogP contribution >= 0.6 is 11.8 Å². The number of para-hydroxylation sites is 1. The molecule has 0 spiro atoms. The lowest BCUT2D eigenvalue weighted by Crippen LogP contribution is -2.34. The minimum atomic E-state index is -0.135. The van der Waals surface area contributed by atoms with Gasteiger partial charge in [0, 0.05) is 29.1 Å². The molecule has 0 fully saturated rings. The summed E-state index contributed by atoms with van der Waals surface area (Å²) in [6.45, 7) is 2.01. The number of amides is 2. The molecule has 3 aromatic carbocycles. The van der Waals surface area contributed by atoms with Crippen molar-refractivity contribution in [3.63, 3.8) is 0 Å². The SMILES string of the molecule is COc1ccccc1/C=C1/Sc2ccc(C(=O)N[C@H](C)CCc3ccccc3)cc2N(C)C1=O. The Labute approximate surface area is 204 Å². The molecule has 0 radical (unpaired) electrons. The number of methoxy groups -OCH3 is 1. The summed E-state index contributed by atoms with van der Waals surface area (Å²) in [5.41, 5.74) is 3.38. The summed E-state index contributed by atoms with van der Waals surface area (Å²) in [4.78, 5) is 29.1. The molecular weight excluding hydrogens is 444 g/mol. The Morgan fingerprint density at radius 3 is 2.59 bits per heavy atom. The first kappa shape index (κ1) is 23.6. The maximum Gasteiger partial charge on any atom is 0.264 e. The van der Waals surface area contributed by atoms with Gasteiger partial charge in [-0.05, 0) is 55.7 Å². The van der Waals surface area contributed by atoms with E-state index in [0.717, 1.165) is 29.0 Å². The highest BCUT2D eigenvalue weighted by atomic mass is 32.2. The van der Waals surface area contributed by atoms with Crippen LogP contribution in [-0.4, -0.2) is 32.0 Å². The van der Waals surface area contributed by atoms with Gasteiger partial charge in [-0.15, -0.1) is 0 Å². The van der Waals surface area contributed by atoms with Crippen LogP contribution in [0.5, 0.6) is 5.75 Å². The van der Waals surface area contributed by atoms with Crippen LogP contribution < -0.4 is 15.0 Å². The lowest BCUT2D eigenvalue weighted by Gasteiger charge is -2.27. The van der Waals surface area contributed by atoms with E-state index in [1.807, 2.05) is 67.6 Å². The molecule has 1 aliphatic heterocycles. The molecule has 3 aromatic rings. The number of likely N-dealkylation sites (N-methyl/N-ethyl adjacent to an activating group) is 1. The number of anilines is 1. The van der Waals surface area contributed by atoms with E-state index in [1.54, 1.807) is 25.1 Å². The number of carbonyl (C=O) groups is 2. The van der Waals surface area contributed by atoms with Crippen LogP contribution in [0.4, 0.5) is 5.69 Å². The molecule has 0 saturated carbocycles. The maximum atomic E-state index is 13.1. The number of rotatable bonds is 7. The van der Waals surface area contributed by atoms with E-state index in [4.69, 9.17) is 4.74 Å². The zero-order chi connectivity index (χ0) is 24.1. The van der Waals surface area contributed by atoms with Crippen molar-refractivity contribution >= 4 is 35.3 Å². The first-order valence-electron chi connectivity index (χ1n) is 11.3. The van der Waals surface area contributed by atoms with E-state index in [-0.39, 0.29) is 17.9 Å². The fraction of sp³-hybridized carbons (Fsp3) is 0.214. The minimum Gasteiger partial charge on any atom is -0.496 e. The van der Waals surface area contributed by atoms with Gasteiger partial charge in [0.2, 0.25) is 0 Å². The molecule has 6 heteroatoms. The predicted molar refractivity (Wildman–Crippen MR) is 138 cm³/mol. The second-order valence-corrected chi connectivity index (χ2v) is 9.38. The minimum absolute atomic E-state index is 0.0351. The van der Waals surface area contributed by atoms with Gasteiger partial charge in [-0.2, -0.15) is 0 Å². The van der Waals surface area contributed by atoms with Crippen molar-refractivity contribution in [3.8, 4) is 5.75 Å². The van der Waals surface area contributed by atoms with Gasteiger partial charge in [0.15, 0.2) is 0 Å². The van der Waals surface area contributed by atoms with Crippen LogP contribution in [0.3, 0.4) is 0 Å². The monoisotopic (exact) mass is 472 g/mol. The van der Waals surface area contributed by atoms with Crippen LogP contribution in [-0.2, 0) is 11.2 Å². The molecule has 1 N–H and O–H groups in total. The van der Waals surface area contributed by atoms with Crippen LogP contribution in [0.15, 0.2) is 82.6 Å². The molecule has 0 bridgehead atoms. The molecule has 0 unspecified atom stereocenters. The molecule has 2 amide bonds. The van der Waals surface area contributed by atoms with Crippen molar-refractivity contribution in [2.75, 3.05) is 19.1 Å². The summed E-state index contributed by atoms with van der Waals surface area (Å²) in [7, 11) is 3.35.